The van der Waals surface area contributed by atoms with Gasteiger partial charge in [-0.05, 0) is 25.1 Å². The maximum atomic E-state index is 12.1. The highest BCUT2D eigenvalue weighted by atomic mass is 32.1. The number of nitrogens with zero attached hydrogens (tertiary/aromatic N) is 4. The molecule has 0 unspecified atom stereocenters. The Bertz CT molecular complexity index is 793. The molecule has 3 N–H and O–H groups in total. The number of hydrogen-bond acceptors (Lipinski definition) is 6. The first-order valence-corrected chi connectivity index (χ1v) is 7.26. The summed E-state index contributed by atoms with van der Waals surface area (Å²) < 4.78 is 2.59. The predicted octanol–water partition coefficient (Wildman–Crippen LogP) is 1.41. The van der Waals surface area contributed by atoms with Gasteiger partial charge in [-0.25, -0.2) is 4.98 Å². The van der Waals surface area contributed by atoms with Crippen molar-refractivity contribution in [3.8, 4) is 0 Å². The summed E-state index contributed by atoms with van der Waals surface area (Å²) in [5.74, 6) is -0.293. The molecule has 0 saturated heterocycles. The van der Waals surface area contributed by atoms with Gasteiger partial charge in [-0.2, -0.15) is 0 Å². The Balaban J connectivity index is 1.78. The molecule has 0 aliphatic rings. The van der Waals surface area contributed by atoms with E-state index in [1.54, 1.807) is 22.2 Å². The fourth-order valence-corrected chi connectivity index (χ4v) is 2.82. The van der Waals surface area contributed by atoms with E-state index in [0.717, 1.165) is 15.2 Å². The number of carbonyl (C=O) groups is 1. The van der Waals surface area contributed by atoms with Crippen molar-refractivity contribution in [1.29, 1.82) is 0 Å². The molecular weight excluding hydrogens is 288 g/mol. The lowest BCUT2D eigenvalue weighted by Crippen LogP contribution is -2.12. The van der Waals surface area contributed by atoms with E-state index in [1.165, 1.54) is 0 Å². The molecule has 2 aromatic heterocycles. The Morgan fingerprint density at radius 2 is 2.33 bits per heavy atom. The van der Waals surface area contributed by atoms with Crippen molar-refractivity contribution in [2.24, 2.45) is 5.73 Å². The minimum absolute atomic E-state index is 0.268. The van der Waals surface area contributed by atoms with Crippen LogP contribution in [0, 0.1) is 6.92 Å². The second-order valence-electron chi connectivity index (χ2n) is 4.53. The van der Waals surface area contributed by atoms with E-state index in [9.17, 15) is 4.79 Å². The Morgan fingerprint density at radius 1 is 1.48 bits per heavy atom. The smallest absolute Gasteiger partial charge is 0.277 e. The second kappa shape index (κ2) is 5.58. The van der Waals surface area contributed by atoms with Crippen molar-refractivity contribution < 1.29 is 4.79 Å². The minimum Gasteiger partial charge on any atom is -0.329 e. The highest BCUT2D eigenvalue weighted by molar-refractivity contribution is 7.18. The van der Waals surface area contributed by atoms with Gasteiger partial charge in [0, 0.05) is 12.2 Å². The van der Waals surface area contributed by atoms with Crippen molar-refractivity contribution in [3.05, 3.63) is 35.1 Å². The van der Waals surface area contributed by atoms with Crippen LogP contribution in [0.3, 0.4) is 0 Å². The summed E-state index contributed by atoms with van der Waals surface area (Å²) in [6, 6.07) is 5.62. The van der Waals surface area contributed by atoms with Crippen molar-refractivity contribution in [2.45, 2.75) is 13.5 Å². The van der Waals surface area contributed by atoms with Crippen LogP contribution in [0.1, 0.15) is 15.5 Å². The molecule has 1 amide bonds. The zero-order valence-electron chi connectivity index (χ0n) is 11.4. The standard InChI is InChI=1S/C13H14N6OS/c1-8-15-10-3-2-9(6-12(10)21-8)16-13(20)11-7-19(5-4-14)18-17-11/h2-3,6-7H,4-5,14H2,1H3,(H,16,20). The molecule has 108 valence electrons. The monoisotopic (exact) mass is 302 g/mol. The molecule has 3 rings (SSSR count). The normalized spacial score (nSPS) is 11.0. The highest BCUT2D eigenvalue weighted by Crippen LogP contribution is 2.24. The number of aromatic nitrogens is 4. The molecule has 21 heavy (non-hydrogen) atoms. The molecule has 2 heterocycles. The third-order valence-electron chi connectivity index (χ3n) is 2.88. The van der Waals surface area contributed by atoms with Crippen LogP contribution < -0.4 is 11.1 Å². The van der Waals surface area contributed by atoms with Crippen LogP contribution in [0.4, 0.5) is 5.69 Å². The van der Waals surface area contributed by atoms with E-state index >= 15 is 0 Å². The highest BCUT2D eigenvalue weighted by Gasteiger charge is 2.11. The molecule has 0 radical (unpaired) electrons. The van der Waals surface area contributed by atoms with Gasteiger partial charge < -0.3 is 11.1 Å². The van der Waals surface area contributed by atoms with Crippen LogP contribution in [0.15, 0.2) is 24.4 Å². The van der Waals surface area contributed by atoms with Gasteiger partial charge in [0.15, 0.2) is 5.69 Å². The van der Waals surface area contributed by atoms with E-state index in [0.29, 0.717) is 18.8 Å². The Kier molecular flexibility index (Phi) is 3.63. The third kappa shape index (κ3) is 2.91. The first-order valence-electron chi connectivity index (χ1n) is 6.44. The van der Waals surface area contributed by atoms with Crippen LogP contribution in [0.5, 0.6) is 0 Å². The predicted molar refractivity (Wildman–Crippen MR) is 81.4 cm³/mol. The molecule has 0 fully saturated rings. The van der Waals surface area contributed by atoms with Gasteiger partial charge in [-0.15, -0.1) is 16.4 Å². The van der Waals surface area contributed by atoms with Crippen LogP contribution in [-0.4, -0.2) is 32.4 Å². The Morgan fingerprint density at radius 3 is 3.14 bits per heavy atom. The maximum absolute atomic E-state index is 12.1. The second-order valence-corrected chi connectivity index (χ2v) is 5.76. The first-order chi connectivity index (χ1) is 10.2. The number of nitrogens with one attached hydrogen (secondary N) is 1. The van der Waals surface area contributed by atoms with E-state index in [4.69, 9.17) is 5.73 Å². The van der Waals surface area contributed by atoms with E-state index in [2.05, 4.69) is 20.6 Å². The Labute approximate surface area is 124 Å². The molecule has 3 aromatic rings. The van der Waals surface area contributed by atoms with Crippen LogP contribution in [-0.2, 0) is 6.54 Å². The summed E-state index contributed by atoms with van der Waals surface area (Å²) in [7, 11) is 0. The number of anilines is 1. The van der Waals surface area contributed by atoms with Crippen molar-refractivity contribution in [1.82, 2.24) is 20.0 Å². The number of carbonyl (C=O) groups excluding carboxylic acids is 1. The van der Waals surface area contributed by atoms with E-state index < -0.39 is 0 Å². The van der Waals surface area contributed by atoms with Gasteiger partial charge in [-0.3, -0.25) is 9.48 Å². The molecule has 0 saturated carbocycles. The molecule has 0 aliphatic carbocycles. The summed E-state index contributed by atoms with van der Waals surface area (Å²) in [5, 5.41) is 11.5. The summed E-state index contributed by atoms with van der Waals surface area (Å²) in [4.78, 5) is 16.5. The van der Waals surface area contributed by atoms with Gasteiger partial charge in [0.05, 0.1) is 28.0 Å². The number of aryl methyl sites for hydroxylation is 1. The summed E-state index contributed by atoms with van der Waals surface area (Å²) in [6.07, 6.45) is 1.58. The zero-order valence-corrected chi connectivity index (χ0v) is 12.2. The summed E-state index contributed by atoms with van der Waals surface area (Å²) in [5.41, 5.74) is 7.35. The van der Waals surface area contributed by atoms with Gasteiger partial charge in [0.25, 0.3) is 5.91 Å². The zero-order chi connectivity index (χ0) is 14.8. The molecular formula is C13H14N6OS. The lowest BCUT2D eigenvalue weighted by molar-refractivity contribution is 0.102. The molecule has 1 aromatic carbocycles. The van der Waals surface area contributed by atoms with Crippen LogP contribution in [0.2, 0.25) is 0 Å². The number of hydrogen-bond donors (Lipinski definition) is 2. The molecule has 0 atom stereocenters. The summed E-state index contributed by atoms with van der Waals surface area (Å²) >= 11 is 1.59. The number of rotatable bonds is 4. The average Bonchev–Trinajstić information content (AvgIpc) is 3.04. The molecule has 0 aliphatic heterocycles. The van der Waals surface area contributed by atoms with Gasteiger partial charge in [0.1, 0.15) is 0 Å². The SMILES string of the molecule is Cc1nc2ccc(NC(=O)c3cn(CCN)nn3)cc2s1. The molecule has 8 heteroatoms. The molecule has 7 nitrogen and oxygen atoms in total. The van der Waals surface area contributed by atoms with Crippen molar-refractivity contribution in [2.75, 3.05) is 11.9 Å². The number of nitrogens with two attached hydrogens (primary N) is 1. The maximum Gasteiger partial charge on any atom is 0.277 e. The van der Waals surface area contributed by atoms with E-state index in [1.807, 2.05) is 25.1 Å². The first kappa shape index (κ1) is 13.7. The lowest BCUT2D eigenvalue weighted by Gasteiger charge is -2.02. The third-order valence-corrected chi connectivity index (χ3v) is 3.82. The molecule has 0 bridgehead atoms. The van der Waals surface area contributed by atoms with Crippen LogP contribution in [0.25, 0.3) is 10.2 Å². The number of thiazole rings is 1. The Hall–Kier alpha value is -2.32. The number of fused-ring (bicyclic) bond motifs is 1. The van der Waals surface area contributed by atoms with Gasteiger partial charge >= 0.3 is 0 Å². The van der Waals surface area contributed by atoms with Gasteiger partial charge in [-0.1, -0.05) is 5.21 Å². The quantitative estimate of drug-likeness (QED) is 0.759. The van der Waals surface area contributed by atoms with Crippen molar-refractivity contribution in [3.63, 3.8) is 0 Å². The number of benzene rings is 1. The fourth-order valence-electron chi connectivity index (χ4n) is 1.96. The minimum atomic E-state index is -0.293. The summed E-state index contributed by atoms with van der Waals surface area (Å²) in [6.45, 7) is 2.94. The van der Waals surface area contributed by atoms with Crippen LogP contribution >= 0.6 is 11.3 Å². The lowest BCUT2D eigenvalue weighted by atomic mass is 10.3. The number of amides is 1. The largest absolute Gasteiger partial charge is 0.329 e. The average molecular weight is 302 g/mol. The molecule has 0 spiro atoms. The van der Waals surface area contributed by atoms with Crippen molar-refractivity contribution >= 4 is 33.1 Å². The topological polar surface area (TPSA) is 98.7 Å². The van der Waals surface area contributed by atoms with E-state index in [-0.39, 0.29) is 11.6 Å². The van der Waals surface area contributed by atoms with Gasteiger partial charge in [0.2, 0.25) is 0 Å². The fraction of sp³-hybridized carbons (Fsp3) is 0.231.